The molecule has 6 heteroatoms. The summed E-state index contributed by atoms with van der Waals surface area (Å²) in [7, 11) is 1.99. The Morgan fingerprint density at radius 2 is 2.14 bits per heavy atom. The van der Waals surface area contributed by atoms with Crippen molar-refractivity contribution in [3.63, 3.8) is 0 Å². The van der Waals surface area contributed by atoms with Crippen LogP contribution in [0.2, 0.25) is 0 Å². The molecule has 1 heterocycles. The Morgan fingerprint density at radius 3 is 2.50 bits per heavy atom. The summed E-state index contributed by atoms with van der Waals surface area (Å²) in [6.45, 7) is 0. The molecule has 0 aliphatic heterocycles. The molecule has 0 bridgehead atoms. The van der Waals surface area contributed by atoms with Crippen LogP contribution in [-0.2, 0) is 15.5 Å². The van der Waals surface area contributed by atoms with E-state index in [4.69, 9.17) is 10.7 Å². The molecule has 1 fully saturated rings. The number of thiophene rings is 1. The van der Waals surface area contributed by atoms with E-state index in [0.29, 0.717) is 19.3 Å². The Balaban J connectivity index is 2.20. The summed E-state index contributed by atoms with van der Waals surface area (Å²) in [5, 5.41) is 0. The van der Waals surface area contributed by atoms with Gasteiger partial charge in [-0.1, -0.05) is 0 Å². The average molecular weight is 316 g/mol. The molecule has 0 aromatic carbocycles. The van der Waals surface area contributed by atoms with Gasteiger partial charge in [0.25, 0.3) is 0 Å². The van der Waals surface area contributed by atoms with E-state index in [2.05, 4.69) is 15.9 Å². The van der Waals surface area contributed by atoms with Gasteiger partial charge in [0.1, 0.15) is 0 Å². The van der Waals surface area contributed by atoms with Crippen LogP contribution in [0.25, 0.3) is 0 Å². The highest BCUT2D eigenvalue weighted by molar-refractivity contribution is 9.11. The maximum Gasteiger partial charge on any atom is 0.238 e. The maximum atomic E-state index is 11.3. The lowest BCUT2D eigenvalue weighted by Crippen LogP contribution is -2.20. The molecule has 1 saturated carbocycles. The highest BCUT2D eigenvalue weighted by Gasteiger charge is 2.53. The molecule has 0 atom stereocenters. The van der Waals surface area contributed by atoms with E-state index in [-0.39, 0.29) is 0 Å². The summed E-state index contributed by atoms with van der Waals surface area (Å²) < 4.78 is 22.9. The lowest BCUT2D eigenvalue weighted by Gasteiger charge is -2.08. The molecular formula is C8H8BrClO2S2. The van der Waals surface area contributed by atoms with E-state index >= 15 is 0 Å². The van der Waals surface area contributed by atoms with Crippen molar-refractivity contribution in [2.24, 2.45) is 0 Å². The zero-order valence-electron chi connectivity index (χ0n) is 7.16. The molecule has 14 heavy (non-hydrogen) atoms. The van der Waals surface area contributed by atoms with Crippen molar-refractivity contribution >= 4 is 47.0 Å². The Labute approximate surface area is 99.8 Å². The van der Waals surface area contributed by atoms with Gasteiger partial charge in [0.2, 0.25) is 9.05 Å². The fourth-order valence-corrected chi connectivity index (χ4v) is 4.67. The zero-order valence-corrected chi connectivity index (χ0v) is 11.1. The van der Waals surface area contributed by atoms with Crippen molar-refractivity contribution in [3.05, 3.63) is 20.8 Å². The summed E-state index contributed by atoms with van der Waals surface area (Å²) in [6, 6.07) is 3.87. The Bertz CT molecular complexity index is 448. The van der Waals surface area contributed by atoms with Gasteiger partial charge < -0.3 is 0 Å². The van der Waals surface area contributed by atoms with Crippen molar-refractivity contribution in [2.75, 3.05) is 0 Å². The lowest BCUT2D eigenvalue weighted by atomic mass is 10.2. The Morgan fingerprint density at radius 1 is 1.50 bits per heavy atom. The molecule has 0 N–H and O–H groups in total. The predicted octanol–water partition coefficient (Wildman–Crippen LogP) is 3.15. The van der Waals surface area contributed by atoms with Crippen molar-refractivity contribution in [2.45, 2.75) is 24.0 Å². The normalized spacial score (nSPS) is 19.6. The van der Waals surface area contributed by atoms with Gasteiger partial charge in [0.05, 0.1) is 8.53 Å². The molecule has 1 aliphatic carbocycles. The summed E-state index contributed by atoms with van der Waals surface area (Å²) >= 11 is 4.91. The van der Waals surface area contributed by atoms with Crippen LogP contribution in [-0.4, -0.2) is 13.2 Å². The fourth-order valence-electron chi connectivity index (χ4n) is 1.41. The molecule has 2 nitrogen and oxygen atoms in total. The fraction of sp³-hybridized carbons (Fsp3) is 0.500. The van der Waals surface area contributed by atoms with Gasteiger partial charge >= 0.3 is 0 Å². The molecule has 0 saturated heterocycles. The smallest absolute Gasteiger partial charge is 0.212 e. The number of halogens is 2. The largest absolute Gasteiger partial charge is 0.238 e. The minimum atomic E-state index is -3.42. The molecule has 1 aromatic rings. The van der Waals surface area contributed by atoms with Gasteiger partial charge in [-0.15, -0.1) is 11.3 Å². The van der Waals surface area contributed by atoms with Crippen LogP contribution in [0.1, 0.15) is 17.7 Å². The summed E-state index contributed by atoms with van der Waals surface area (Å²) in [6.07, 6.45) is 1.93. The summed E-state index contributed by atoms with van der Waals surface area (Å²) in [4.78, 5) is 1.07. The average Bonchev–Trinajstić information content (AvgIpc) is 2.71. The first-order valence-corrected chi connectivity index (χ1v) is 8.03. The lowest BCUT2D eigenvalue weighted by molar-refractivity contribution is 0.590. The third-order valence-corrected chi connectivity index (χ3v) is 6.64. The van der Waals surface area contributed by atoms with Crippen LogP contribution >= 0.6 is 37.9 Å². The van der Waals surface area contributed by atoms with Crippen LogP contribution in [0.3, 0.4) is 0 Å². The minimum absolute atomic E-state index is 0.551. The van der Waals surface area contributed by atoms with E-state index in [1.807, 2.05) is 12.1 Å². The van der Waals surface area contributed by atoms with Crippen molar-refractivity contribution in [1.82, 2.24) is 0 Å². The molecule has 1 aliphatic rings. The Kier molecular flexibility index (Phi) is 2.71. The quantitative estimate of drug-likeness (QED) is 0.803. The molecule has 2 rings (SSSR count). The second-order valence-corrected chi connectivity index (χ2v) is 9.01. The third-order valence-electron chi connectivity index (χ3n) is 2.45. The van der Waals surface area contributed by atoms with Crippen LogP contribution < -0.4 is 0 Å². The van der Waals surface area contributed by atoms with E-state index in [1.54, 1.807) is 11.3 Å². The predicted molar refractivity (Wildman–Crippen MR) is 62.5 cm³/mol. The van der Waals surface area contributed by atoms with Gasteiger partial charge in [0, 0.05) is 22.0 Å². The first kappa shape index (κ1) is 10.9. The van der Waals surface area contributed by atoms with Crippen LogP contribution in [0.5, 0.6) is 0 Å². The highest BCUT2D eigenvalue weighted by Crippen LogP contribution is 2.48. The third kappa shape index (κ3) is 2.01. The second-order valence-electron chi connectivity index (χ2n) is 3.50. The van der Waals surface area contributed by atoms with Crippen LogP contribution in [0, 0.1) is 0 Å². The van der Waals surface area contributed by atoms with E-state index in [9.17, 15) is 8.42 Å². The molecular weight excluding hydrogens is 308 g/mol. The van der Waals surface area contributed by atoms with Crippen molar-refractivity contribution in [3.8, 4) is 0 Å². The summed E-state index contributed by atoms with van der Waals surface area (Å²) in [5.74, 6) is 0. The zero-order chi connectivity index (χ0) is 10.4. The first-order chi connectivity index (χ1) is 6.43. The molecule has 0 spiro atoms. The van der Waals surface area contributed by atoms with Gasteiger partial charge in [-0.05, 0) is 40.9 Å². The van der Waals surface area contributed by atoms with Crippen LogP contribution in [0.15, 0.2) is 15.9 Å². The number of rotatable bonds is 3. The van der Waals surface area contributed by atoms with Gasteiger partial charge in [-0.25, -0.2) is 8.42 Å². The van der Waals surface area contributed by atoms with Gasteiger partial charge in [-0.3, -0.25) is 0 Å². The number of hydrogen-bond acceptors (Lipinski definition) is 3. The highest BCUT2D eigenvalue weighted by atomic mass is 79.9. The maximum absolute atomic E-state index is 11.3. The molecule has 0 unspecified atom stereocenters. The van der Waals surface area contributed by atoms with Crippen molar-refractivity contribution in [1.29, 1.82) is 0 Å². The van der Waals surface area contributed by atoms with Crippen molar-refractivity contribution < 1.29 is 8.42 Å². The second kappa shape index (κ2) is 3.47. The van der Waals surface area contributed by atoms with Gasteiger partial charge in [0.15, 0.2) is 0 Å². The standard InChI is InChI=1S/C8H8BrClO2S2/c9-7-2-1-6(13-7)5-8(3-4-8)14(10,11)12/h1-2H,3-5H2. The molecule has 0 amide bonds. The number of hydrogen-bond donors (Lipinski definition) is 0. The van der Waals surface area contributed by atoms with E-state index in [0.717, 1.165) is 8.66 Å². The minimum Gasteiger partial charge on any atom is -0.212 e. The van der Waals surface area contributed by atoms with Crippen LogP contribution in [0.4, 0.5) is 0 Å². The van der Waals surface area contributed by atoms with Gasteiger partial charge in [-0.2, -0.15) is 0 Å². The van der Waals surface area contributed by atoms with E-state index < -0.39 is 13.8 Å². The summed E-state index contributed by atoms with van der Waals surface area (Å²) in [5.41, 5.74) is 0. The SMILES string of the molecule is O=S(=O)(Cl)C1(Cc2ccc(Br)s2)CC1. The Hall–Kier alpha value is 0.420. The molecule has 0 radical (unpaired) electrons. The monoisotopic (exact) mass is 314 g/mol. The molecule has 78 valence electrons. The topological polar surface area (TPSA) is 34.1 Å². The van der Waals surface area contributed by atoms with E-state index in [1.165, 1.54) is 0 Å². The molecule has 1 aromatic heterocycles. The first-order valence-electron chi connectivity index (χ1n) is 4.11.